The molecular weight excluding hydrogens is 352 g/mol. The highest BCUT2D eigenvalue weighted by Crippen LogP contribution is 2.42. The molecule has 27 heavy (non-hydrogen) atoms. The number of aliphatic hydroxyl groups excluding tert-OH is 2. The number of rotatable bonds is 12. The van der Waals surface area contributed by atoms with Crippen molar-refractivity contribution in [2.75, 3.05) is 6.61 Å². The third kappa shape index (κ3) is 8.00. The van der Waals surface area contributed by atoms with Crippen LogP contribution in [0.5, 0.6) is 0 Å². The molecule has 1 saturated carbocycles. The molecule has 0 heterocycles. The topological polar surface area (TPSA) is 49.7 Å². The van der Waals surface area contributed by atoms with E-state index in [0.717, 1.165) is 0 Å². The molecule has 0 radical (unpaired) electrons. The quantitative estimate of drug-likeness (QED) is 0.313. The highest BCUT2D eigenvalue weighted by Gasteiger charge is 2.39. The van der Waals surface area contributed by atoms with E-state index in [9.17, 15) is 10.2 Å². The first-order chi connectivity index (χ1) is 14.7. The van der Waals surface area contributed by atoms with Crippen molar-refractivity contribution in [2.24, 2.45) is 17.8 Å². The van der Waals surface area contributed by atoms with Crippen molar-refractivity contribution in [1.29, 1.82) is 0 Å². The Morgan fingerprint density at radius 2 is 1.89 bits per heavy atom. The van der Waals surface area contributed by atoms with Crippen molar-refractivity contribution < 1.29 is 22.9 Å². The maximum atomic E-state index is 10.6. The van der Waals surface area contributed by atoms with Crippen LogP contribution in [-0.2, 0) is 4.43 Å². The molecule has 1 fully saturated rings. The highest BCUT2D eigenvalue weighted by molar-refractivity contribution is 6.74. The zero-order valence-corrected chi connectivity index (χ0v) is 19.2. The molecule has 0 bridgehead atoms. The van der Waals surface area contributed by atoms with Crippen LogP contribution in [0.3, 0.4) is 0 Å². The second-order valence-corrected chi connectivity index (χ2v) is 14.4. The first-order valence-corrected chi connectivity index (χ1v) is 13.2. The predicted octanol–water partition coefficient (Wildman–Crippen LogP) is 5.92. The fraction of sp³-hybridized carbons (Fsp3) is 0.913. The summed E-state index contributed by atoms with van der Waals surface area (Å²) >= 11 is 0. The maximum Gasteiger partial charge on any atom is 0.191 e. The largest absolute Gasteiger partial charge is 0.417 e. The summed E-state index contributed by atoms with van der Waals surface area (Å²) in [7, 11) is -2.34. The SMILES string of the molecule is [2H]C([2H])(CO[Si](C)(C)C(C)(C)C)C([2H])([2H])C([2H])([2H])CC(O)CC[C@@H]1[C@@H](CC=C)[C@@H](O)C[C@H]1C. The van der Waals surface area contributed by atoms with E-state index in [1.54, 1.807) is 6.08 Å². The molecule has 1 aliphatic carbocycles. The van der Waals surface area contributed by atoms with E-state index < -0.39 is 52.7 Å². The molecule has 1 rings (SSSR count). The van der Waals surface area contributed by atoms with Crippen molar-refractivity contribution in [3.8, 4) is 0 Å². The van der Waals surface area contributed by atoms with Gasteiger partial charge in [-0.15, -0.1) is 6.58 Å². The number of allylic oxidation sites excluding steroid dienone is 1. The molecule has 1 unspecified atom stereocenters. The van der Waals surface area contributed by atoms with Crippen molar-refractivity contribution in [2.45, 2.75) is 109 Å². The van der Waals surface area contributed by atoms with Crippen LogP contribution in [0.15, 0.2) is 12.7 Å². The molecule has 0 saturated heterocycles. The monoisotopic (exact) mass is 404 g/mol. The van der Waals surface area contributed by atoms with Crippen LogP contribution >= 0.6 is 0 Å². The van der Waals surface area contributed by atoms with E-state index in [1.165, 1.54) is 0 Å². The van der Waals surface area contributed by atoms with Gasteiger partial charge in [0.1, 0.15) is 0 Å². The van der Waals surface area contributed by atoms with Gasteiger partial charge < -0.3 is 14.6 Å². The van der Waals surface area contributed by atoms with Gasteiger partial charge in [-0.05, 0) is 74.4 Å². The molecule has 160 valence electrons. The van der Waals surface area contributed by atoms with E-state index >= 15 is 0 Å². The summed E-state index contributed by atoms with van der Waals surface area (Å²) in [6.45, 7) is 15.2. The third-order valence-electron chi connectivity index (χ3n) is 6.49. The van der Waals surface area contributed by atoms with E-state index in [1.807, 2.05) is 33.9 Å². The first kappa shape index (κ1) is 16.6. The van der Waals surface area contributed by atoms with Gasteiger partial charge in [0.2, 0.25) is 0 Å². The van der Waals surface area contributed by atoms with Crippen LogP contribution in [0.4, 0.5) is 0 Å². The Balaban J connectivity index is 2.81. The molecule has 0 aromatic carbocycles. The predicted molar refractivity (Wildman–Crippen MR) is 118 cm³/mol. The Morgan fingerprint density at radius 3 is 2.48 bits per heavy atom. The van der Waals surface area contributed by atoms with Gasteiger partial charge in [-0.1, -0.05) is 46.5 Å². The Hall–Kier alpha value is -0.163. The fourth-order valence-corrected chi connectivity index (χ4v) is 4.51. The summed E-state index contributed by atoms with van der Waals surface area (Å²) in [6, 6.07) is 0. The Morgan fingerprint density at radius 1 is 1.22 bits per heavy atom. The number of hydrogen-bond donors (Lipinski definition) is 2. The standard InChI is InChI=1S/C23H46O3Si/c1-8-12-21-20(18(2)17-22(21)25)15-14-19(24)13-10-9-11-16-26-27(6,7)23(3,4)5/h8,18-22,24-25H,1,9-17H2,2-7H3/t18-,19?,20+,21-,22+/m1/s1/i9D2,10D2,11D2. The zero-order valence-electron chi connectivity index (χ0n) is 24.2. The molecular formula is C23H46O3Si. The highest BCUT2D eigenvalue weighted by atomic mass is 28.4. The maximum absolute atomic E-state index is 10.6. The summed E-state index contributed by atoms with van der Waals surface area (Å²) in [5.74, 6) is 0.524. The molecule has 2 N–H and O–H groups in total. The summed E-state index contributed by atoms with van der Waals surface area (Å²) in [5, 5.41) is 20.7. The summed E-state index contributed by atoms with van der Waals surface area (Å²) in [5.41, 5.74) is 0. The zero-order chi connectivity index (χ0) is 26.0. The van der Waals surface area contributed by atoms with Crippen LogP contribution < -0.4 is 0 Å². The number of hydrogen-bond acceptors (Lipinski definition) is 3. The lowest BCUT2D eigenvalue weighted by Gasteiger charge is -2.36. The van der Waals surface area contributed by atoms with E-state index in [2.05, 4.69) is 13.5 Å². The summed E-state index contributed by atoms with van der Waals surface area (Å²) in [4.78, 5) is 0. The van der Waals surface area contributed by atoms with Gasteiger partial charge in [0.15, 0.2) is 8.32 Å². The molecule has 0 spiro atoms. The second-order valence-electron chi connectivity index (χ2n) is 9.60. The smallest absolute Gasteiger partial charge is 0.191 e. The molecule has 0 aliphatic heterocycles. The summed E-state index contributed by atoms with van der Waals surface area (Å²) < 4.78 is 55.8. The Labute approximate surface area is 178 Å². The Bertz CT molecular complexity index is 651. The fourth-order valence-electron chi connectivity index (χ4n) is 3.65. The van der Waals surface area contributed by atoms with Gasteiger partial charge in [0.25, 0.3) is 0 Å². The van der Waals surface area contributed by atoms with Crippen LogP contribution in [0.1, 0.15) is 87.1 Å². The lowest BCUT2D eigenvalue weighted by Crippen LogP contribution is -2.40. The normalized spacial score (nSPS) is 32.6. The minimum absolute atomic E-state index is 0.0644. The van der Waals surface area contributed by atoms with Gasteiger partial charge in [0.05, 0.1) is 12.2 Å². The molecule has 0 amide bonds. The van der Waals surface area contributed by atoms with Crippen LogP contribution in [-0.4, -0.2) is 37.3 Å². The van der Waals surface area contributed by atoms with Crippen molar-refractivity contribution >= 4 is 8.32 Å². The van der Waals surface area contributed by atoms with E-state index in [0.29, 0.717) is 19.3 Å². The van der Waals surface area contributed by atoms with Gasteiger partial charge in [0, 0.05) is 14.8 Å². The van der Waals surface area contributed by atoms with E-state index in [-0.39, 0.29) is 29.2 Å². The summed E-state index contributed by atoms with van der Waals surface area (Å²) in [6.07, 6.45) is -6.00. The molecule has 4 heteroatoms. The average Bonchev–Trinajstić information content (AvgIpc) is 2.90. The van der Waals surface area contributed by atoms with Gasteiger partial charge in [-0.3, -0.25) is 0 Å². The molecule has 3 nitrogen and oxygen atoms in total. The van der Waals surface area contributed by atoms with Gasteiger partial charge in [-0.25, -0.2) is 0 Å². The van der Waals surface area contributed by atoms with Crippen LogP contribution in [0, 0.1) is 17.8 Å². The van der Waals surface area contributed by atoms with Crippen LogP contribution in [0.2, 0.25) is 18.1 Å². The number of aliphatic hydroxyl groups is 2. The molecule has 1 aliphatic rings. The van der Waals surface area contributed by atoms with Crippen molar-refractivity contribution in [3.05, 3.63) is 12.7 Å². The minimum atomic E-state index is -2.86. The first-order valence-electron chi connectivity index (χ1n) is 13.3. The molecule has 0 aromatic rings. The lowest BCUT2D eigenvalue weighted by atomic mass is 9.83. The Kier molecular flexibility index (Phi) is 6.85. The minimum Gasteiger partial charge on any atom is -0.417 e. The van der Waals surface area contributed by atoms with Gasteiger partial charge in [-0.2, -0.15) is 0 Å². The van der Waals surface area contributed by atoms with E-state index in [4.69, 9.17) is 12.7 Å². The van der Waals surface area contributed by atoms with Crippen molar-refractivity contribution in [3.63, 3.8) is 0 Å². The van der Waals surface area contributed by atoms with Gasteiger partial charge >= 0.3 is 0 Å². The lowest BCUT2D eigenvalue weighted by molar-refractivity contribution is 0.103. The van der Waals surface area contributed by atoms with Crippen molar-refractivity contribution in [1.82, 2.24) is 0 Å². The van der Waals surface area contributed by atoms with Crippen LogP contribution in [0.25, 0.3) is 0 Å². The second kappa shape index (κ2) is 11.1. The molecule has 0 aromatic heterocycles. The third-order valence-corrected chi connectivity index (χ3v) is 11.0. The average molecular weight is 405 g/mol. The molecule has 5 atom stereocenters.